The molecule has 1 aliphatic carbocycles. The number of aryl methyl sites for hydroxylation is 1. The molecule has 0 heterocycles. The van der Waals surface area contributed by atoms with Gasteiger partial charge in [0.25, 0.3) is 0 Å². The third kappa shape index (κ3) is 8.65. The molecule has 1 aliphatic rings. The molecule has 0 saturated heterocycles. The van der Waals surface area contributed by atoms with E-state index in [1.54, 1.807) is 0 Å². The normalized spacial score (nSPS) is 18.2. The third-order valence-electron chi connectivity index (χ3n) is 7.38. The molecule has 0 N–H and O–H groups in total. The van der Waals surface area contributed by atoms with Crippen LogP contribution in [-0.4, -0.2) is 5.97 Å². The topological polar surface area (TPSA) is 26.3 Å². The minimum atomic E-state index is -0.273. The molecular formula is C31H44O2. The van der Waals surface area contributed by atoms with E-state index in [0.29, 0.717) is 17.2 Å². The molecule has 0 atom stereocenters. The highest BCUT2D eigenvalue weighted by Crippen LogP contribution is 2.38. The standard InChI is InChI=1S/C31H44O2/c1-3-5-7-8-10-12-26-15-19-29(20-16-26)31(32)33-30-23-21-28(22-24-30)27-17-13-25(14-18-27)11-9-6-4-2/h15-16,19-25,27H,3-14,17-18H2,1-2H3. The number of unbranched alkanes of at least 4 members (excludes halogenated alkanes) is 6. The number of ether oxygens (including phenoxy) is 1. The molecule has 0 amide bonds. The van der Waals surface area contributed by atoms with Gasteiger partial charge in [-0.2, -0.15) is 0 Å². The molecule has 2 aromatic carbocycles. The van der Waals surface area contributed by atoms with Gasteiger partial charge in [-0.1, -0.05) is 89.5 Å². The van der Waals surface area contributed by atoms with Crippen LogP contribution < -0.4 is 4.74 Å². The van der Waals surface area contributed by atoms with Crippen LogP contribution in [0, 0.1) is 5.92 Å². The second-order valence-corrected chi connectivity index (χ2v) is 10.0. The lowest BCUT2D eigenvalue weighted by Gasteiger charge is -2.29. The zero-order valence-corrected chi connectivity index (χ0v) is 21.0. The molecule has 0 unspecified atom stereocenters. The van der Waals surface area contributed by atoms with Gasteiger partial charge in [-0.15, -0.1) is 0 Å². The second kappa shape index (κ2) is 14.2. The maximum absolute atomic E-state index is 12.6. The minimum absolute atomic E-state index is 0.273. The van der Waals surface area contributed by atoms with Crippen molar-refractivity contribution in [3.8, 4) is 5.75 Å². The van der Waals surface area contributed by atoms with Crippen molar-refractivity contribution in [3.63, 3.8) is 0 Å². The highest BCUT2D eigenvalue weighted by molar-refractivity contribution is 5.91. The Bertz CT molecular complexity index is 798. The Morgan fingerprint density at radius 3 is 2.06 bits per heavy atom. The van der Waals surface area contributed by atoms with Gasteiger partial charge in [-0.3, -0.25) is 0 Å². The molecule has 0 bridgehead atoms. The Balaban J connectivity index is 1.42. The Morgan fingerprint density at radius 2 is 1.39 bits per heavy atom. The van der Waals surface area contributed by atoms with Crippen molar-refractivity contribution in [3.05, 3.63) is 65.2 Å². The molecule has 0 aliphatic heterocycles. The molecule has 33 heavy (non-hydrogen) atoms. The van der Waals surface area contributed by atoms with Crippen LogP contribution in [0.4, 0.5) is 0 Å². The molecule has 0 radical (unpaired) electrons. The average Bonchev–Trinajstić information content (AvgIpc) is 2.85. The van der Waals surface area contributed by atoms with Crippen molar-refractivity contribution in [1.29, 1.82) is 0 Å². The van der Waals surface area contributed by atoms with Crippen LogP contribution in [0.1, 0.15) is 125 Å². The molecule has 2 aromatic rings. The van der Waals surface area contributed by atoms with Crippen LogP contribution >= 0.6 is 0 Å². The first-order valence-corrected chi connectivity index (χ1v) is 13.6. The Hall–Kier alpha value is -2.09. The molecule has 2 heteroatoms. The molecule has 0 aromatic heterocycles. The van der Waals surface area contributed by atoms with Gasteiger partial charge in [-0.25, -0.2) is 4.79 Å². The number of benzene rings is 2. The van der Waals surface area contributed by atoms with Gasteiger partial charge >= 0.3 is 5.97 Å². The first kappa shape index (κ1) is 25.5. The lowest BCUT2D eigenvalue weighted by molar-refractivity contribution is 0.0734. The minimum Gasteiger partial charge on any atom is -0.423 e. The first-order valence-electron chi connectivity index (χ1n) is 13.6. The predicted octanol–water partition coefficient (Wildman–Crippen LogP) is 9.27. The summed E-state index contributed by atoms with van der Waals surface area (Å²) in [5, 5.41) is 0. The smallest absolute Gasteiger partial charge is 0.343 e. The molecule has 1 fully saturated rings. The number of carbonyl (C=O) groups excluding carboxylic acids is 1. The Kier molecular flexibility index (Phi) is 11.0. The Labute approximate surface area is 202 Å². The number of hydrogen-bond donors (Lipinski definition) is 0. The third-order valence-corrected chi connectivity index (χ3v) is 7.38. The van der Waals surface area contributed by atoms with E-state index in [1.165, 1.54) is 94.6 Å². The molecule has 180 valence electrons. The summed E-state index contributed by atoms with van der Waals surface area (Å²) < 4.78 is 5.64. The summed E-state index contributed by atoms with van der Waals surface area (Å²) in [5.41, 5.74) is 3.31. The lowest BCUT2D eigenvalue weighted by Crippen LogP contribution is -2.13. The Morgan fingerprint density at radius 1 is 0.758 bits per heavy atom. The van der Waals surface area contributed by atoms with Crippen molar-refractivity contribution in [1.82, 2.24) is 0 Å². The van der Waals surface area contributed by atoms with Gasteiger partial charge in [0.1, 0.15) is 5.75 Å². The number of carbonyl (C=O) groups is 1. The van der Waals surface area contributed by atoms with E-state index in [0.717, 1.165) is 12.3 Å². The van der Waals surface area contributed by atoms with Gasteiger partial charge in [0.2, 0.25) is 0 Å². The summed E-state index contributed by atoms with van der Waals surface area (Å²) in [6, 6.07) is 16.2. The molecule has 1 saturated carbocycles. The number of rotatable bonds is 13. The first-order chi connectivity index (χ1) is 16.2. The average molecular weight is 449 g/mol. The summed E-state index contributed by atoms with van der Waals surface area (Å²) >= 11 is 0. The molecule has 3 rings (SSSR count). The van der Waals surface area contributed by atoms with Gasteiger partial charge in [0.05, 0.1) is 5.56 Å². The van der Waals surface area contributed by atoms with Crippen molar-refractivity contribution in [2.24, 2.45) is 5.92 Å². The number of hydrogen-bond acceptors (Lipinski definition) is 2. The maximum Gasteiger partial charge on any atom is 0.343 e. The van der Waals surface area contributed by atoms with E-state index in [1.807, 2.05) is 24.3 Å². The van der Waals surface area contributed by atoms with Crippen LogP contribution in [0.3, 0.4) is 0 Å². The van der Waals surface area contributed by atoms with Crippen LogP contribution in [0.5, 0.6) is 5.75 Å². The monoisotopic (exact) mass is 448 g/mol. The van der Waals surface area contributed by atoms with Crippen molar-refractivity contribution >= 4 is 5.97 Å². The fraction of sp³-hybridized carbons (Fsp3) is 0.581. The molecule has 2 nitrogen and oxygen atoms in total. The fourth-order valence-electron chi connectivity index (χ4n) is 5.18. The van der Waals surface area contributed by atoms with E-state index in [-0.39, 0.29) is 5.97 Å². The summed E-state index contributed by atoms with van der Waals surface area (Å²) in [6.07, 6.45) is 18.3. The highest BCUT2D eigenvalue weighted by atomic mass is 16.5. The predicted molar refractivity (Wildman–Crippen MR) is 139 cm³/mol. The van der Waals surface area contributed by atoms with Crippen LogP contribution in [0.15, 0.2) is 48.5 Å². The van der Waals surface area contributed by atoms with Crippen molar-refractivity contribution < 1.29 is 9.53 Å². The molecular weight excluding hydrogens is 404 g/mol. The van der Waals surface area contributed by atoms with Crippen molar-refractivity contribution in [2.45, 2.75) is 110 Å². The molecule has 0 spiro atoms. The summed E-state index contributed by atoms with van der Waals surface area (Å²) in [4.78, 5) is 12.6. The number of esters is 1. The van der Waals surface area contributed by atoms with Crippen LogP contribution in [0.2, 0.25) is 0 Å². The van der Waals surface area contributed by atoms with Crippen LogP contribution in [-0.2, 0) is 6.42 Å². The largest absolute Gasteiger partial charge is 0.423 e. The van der Waals surface area contributed by atoms with E-state index >= 15 is 0 Å². The van der Waals surface area contributed by atoms with Gasteiger partial charge in [0, 0.05) is 0 Å². The van der Waals surface area contributed by atoms with Gasteiger partial charge < -0.3 is 4.74 Å². The maximum atomic E-state index is 12.6. The quantitative estimate of drug-likeness (QED) is 0.173. The van der Waals surface area contributed by atoms with Crippen LogP contribution in [0.25, 0.3) is 0 Å². The second-order valence-electron chi connectivity index (χ2n) is 10.0. The summed E-state index contributed by atoms with van der Waals surface area (Å²) in [7, 11) is 0. The highest BCUT2D eigenvalue weighted by Gasteiger charge is 2.22. The van der Waals surface area contributed by atoms with E-state index in [2.05, 4.69) is 38.1 Å². The zero-order valence-electron chi connectivity index (χ0n) is 21.0. The van der Waals surface area contributed by atoms with Crippen molar-refractivity contribution in [2.75, 3.05) is 0 Å². The SMILES string of the molecule is CCCCCCCc1ccc(C(=O)Oc2ccc(C3CCC(CCCCC)CC3)cc2)cc1. The fourth-order valence-corrected chi connectivity index (χ4v) is 5.18. The van der Waals surface area contributed by atoms with Gasteiger partial charge in [0.15, 0.2) is 0 Å². The summed E-state index contributed by atoms with van der Waals surface area (Å²) in [6.45, 7) is 4.53. The van der Waals surface area contributed by atoms with Gasteiger partial charge in [-0.05, 0) is 85.8 Å². The summed E-state index contributed by atoms with van der Waals surface area (Å²) in [5.74, 6) is 1.95. The van der Waals surface area contributed by atoms with E-state index in [9.17, 15) is 4.79 Å². The van der Waals surface area contributed by atoms with E-state index in [4.69, 9.17) is 4.74 Å². The lowest BCUT2D eigenvalue weighted by atomic mass is 9.77. The van der Waals surface area contributed by atoms with E-state index < -0.39 is 0 Å². The zero-order chi connectivity index (χ0) is 23.3.